The van der Waals surface area contributed by atoms with Crippen molar-refractivity contribution in [2.45, 2.75) is 6.92 Å². The lowest BCUT2D eigenvalue weighted by atomic mass is 10.1. The van der Waals surface area contributed by atoms with Crippen LogP contribution >= 0.6 is 0 Å². The average Bonchev–Trinajstić information content (AvgIpc) is 2.25. The van der Waals surface area contributed by atoms with Crippen LogP contribution in [0.4, 0.5) is 15.8 Å². The Morgan fingerprint density at radius 1 is 1.39 bits per heavy atom. The van der Waals surface area contributed by atoms with Crippen LogP contribution in [0.2, 0.25) is 0 Å². The molecule has 5 N–H and O–H groups in total. The van der Waals surface area contributed by atoms with Gasteiger partial charge in [-0.2, -0.15) is 0 Å². The SMILES string of the molecule is CC(=O)NCCNc1cc(C(=O)O)c(N)cc1F. The van der Waals surface area contributed by atoms with E-state index in [4.69, 9.17) is 10.8 Å². The van der Waals surface area contributed by atoms with Gasteiger partial charge in [0.2, 0.25) is 5.91 Å². The number of nitrogens with one attached hydrogen (secondary N) is 2. The minimum absolute atomic E-state index is 0.0342. The highest BCUT2D eigenvalue weighted by molar-refractivity contribution is 5.94. The summed E-state index contributed by atoms with van der Waals surface area (Å²) in [4.78, 5) is 21.4. The van der Waals surface area contributed by atoms with E-state index in [-0.39, 0.29) is 29.4 Å². The molecule has 7 heteroatoms. The number of aromatic carboxylic acids is 1. The van der Waals surface area contributed by atoms with Crippen LogP contribution < -0.4 is 16.4 Å². The van der Waals surface area contributed by atoms with Gasteiger partial charge in [0, 0.05) is 25.7 Å². The normalized spacial score (nSPS) is 9.89. The molecule has 6 nitrogen and oxygen atoms in total. The molecule has 0 radical (unpaired) electrons. The Morgan fingerprint density at radius 2 is 2.06 bits per heavy atom. The Labute approximate surface area is 103 Å². The monoisotopic (exact) mass is 255 g/mol. The van der Waals surface area contributed by atoms with Crippen molar-refractivity contribution in [2.24, 2.45) is 0 Å². The van der Waals surface area contributed by atoms with E-state index in [1.54, 1.807) is 0 Å². The summed E-state index contributed by atoms with van der Waals surface area (Å²) in [5.74, 6) is -2.06. The lowest BCUT2D eigenvalue weighted by Crippen LogP contribution is -2.26. The number of anilines is 2. The molecule has 0 fully saturated rings. The zero-order chi connectivity index (χ0) is 13.7. The van der Waals surface area contributed by atoms with Crippen LogP contribution in [0.15, 0.2) is 12.1 Å². The van der Waals surface area contributed by atoms with Gasteiger partial charge in [-0.25, -0.2) is 9.18 Å². The van der Waals surface area contributed by atoms with Crippen molar-refractivity contribution in [3.63, 3.8) is 0 Å². The minimum atomic E-state index is -1.22. The number of nitrogens with two attached hydrogens (primary N) is 1. The van der Waals surface area contributed by atoms with E-state index in [0.717, 1.165) is 12.1 Å². The first-order valence-corrected chi connectivity index (χ1v) is 5.22. The van der Waals surface area contributed by atoms with Gasteiger partial charge >= 0.3 is 5.97 Å². The van der Waals surface area contributed by atoms with E-state index in [9.17, 15) is 14.0 Å². The molecule has 0 unspecified atom stereocenters. The van der Waals surface area contributed by atoms with Gasteiger partial charge in [-0.15, -0.1) is 0 Å². The van der Waals surface area contributed by atoms with Crippen LogP contribution in [0.3, 0.4) is 0 Å². The second kappa shape index (κ2) is 5.85. The van der Waals surface area contributed by atoms with Gasteiger partial charge in [0.05, 0.1) is 11.3 Å². The number of carboxylic acid groups (broad SMARTS) is 1. The maximum atomic E-state index is 13.5. The summed E-state index contributed by atoms with van der Waals surface area (Å²) in [5.41, 5.74) is 5.11. The van der Waals surface area contributed by atoms with Crippen molar-refractivity contribution in [1.82, 2.24) is 5.32 Å². The number of hydrogen-bond donors (Lipinski definition) is 4. The minimum Gasteiger partial charge on any atom is -0.478 e. The zero-order valence-electron chi connectivity index (χ0n) is 9.79. The molecule has 0 atom stereocenters. The molecule has 1 aromatic carbocycles. The Bertz CT molecular complexity index is 477. The predicted molar refractivity (Wildman–Crippen MR) is 64.9 cm³/mol. The van der Waals surface area contributed by atoms with Gasteiger partial charge < -0.3 is 21.5 Å². The molecule has 0 heterocycles. The number of rotatable bonds is 5. The third-order valence-electron chi connectivity index (χ3n) is 2.18. The van der Waals surface area contributed by atoms with Gasteiger partial charge in [-0.05, 0) is 12.1 Å². The third kappa shape index (κ3) is 3.62. The van der Waals surface area contributed by atoms with Crippen molar-refractivity contribution in [3.05, 3.63) is 23.5 Å². The number of carbonyl (C=O) groups is 2. The maximum absolute atomic E-state index is 13.5. The molecule has 0 saturated heterocycles. The van der Waals surface area contributed by atoms with Crippen LogP contribution in [0, 0.1) is 5.82 Å². The number of benzene rings is 1. The molecule has 1 aromatic rings. The molecule has 1 rings (SSSR count). The molecule has 1 amide bonds. The maximum Gasteiger partial charge on any atom is 0.337 e. The summed E-state index contributed by atoms with van der Waals surface area (Å²) in [6, 6.07) is 2.07. The molecule has 0 saturated carbocycles. The summed E-state index contributed by atoms with van der Waals surface area (Å²) >= 11 is 0. The fourth-order valence-corrected chi connectivity index (χ4v) is 1.35. The Balaban J connectivity index is 2.73. The highest BCUT2D eigenvalue weighted by Gasteiger charge is 2.12. The molecular formula is C11H14FN3O3. The standard InChI is InChI=1S/C11H14FN3O3/c1-6(16)14-2-3-15-10-4-7(11(17)18)9(13)5-8(10)12/h4-5,15H,2-3,13H2,1H3,(H,14,16)(H,17,18). The lowest BCUT2D eigenvalue weighted by molar-refractivity contribution is -0.118. The van der Waals surface area contributed by atoms with Crippen molar-refractivity contribution in [3.8, 4) is 0 Å². The number of amides is 1. The highest BCUT2D eigenvalue weighted by Crippen LogP contribution is 2.21. The predicted octanol–water partition coefficient (Wildman–Crippen LogP) is 0.654. The summed E-state index contributed by atoms with van der Waals surface area (Å²) in [6.45, 7) is 1.95. The van der Waals surface area contributed by atoms with E-state index in [1.807, 2.05) is 0 Å². The van der Waals surface area contributed by atoms with Gasteiger partial charge in [-0.3, -0.25) is 4.79 Å². The number of carboxylic acids is 1. The van der Waals surface area contributed by atoms with Crippen LogP contribution in [0.1, 0.15) is 17.3 Å². The molecule has 0 aliphatic heterocycles. The summed E-state index contributed by atoms with van der Waals surface area (Å²) in [7, 11) is 0. The first-order chi connectivity index (χ1) is 8.41. The van der Waals surface area contributed by atoms with Gasteiger partial charge in [0.1, 0.15) is 5.82 Å². The average molecular weight is 255 g/mol. The van der Waals surface area contributed by atoms with E-state index in [0.29, 0.717) is 6.54 Å². The van der Waals surface area contributed by atoms with Crippen molar-refractivity contribution >= 4 is 23.3 Å². The van der Waals surface area contributed by atoms with E-state index in [2.05, 4.69) is 10.6 Å². The van der Waals surface area contributed by atoms with Gasteiger partial charge in [-0.1, -0.05) is 0 Å². The number of carbonyl (C=O) groups excluding carboxylic acids is 1. The van der Waals surface area contributed by atoms with Crippen molar-refractivity contribution in [1.29, 1.82) is 0 Å². The first-order valence-electron chi connectivity index (χ1n) is 5.22. The van der Waals surface area contributed by atoms with Crippen LogP contribution in [0.25, 0.3) is 0 Å². The summed E-state index contributed by atoms with van der Waals surface area (Å²) in [6.07, 6.45) is 0. The number of nitrogen functional groups attached to an aromatic ring is 1. The van der Waals surface area contributed by atoms with Crippen molar-refractivity contribution < 1.29 is 19.1 Å². The van der Waals surface area contributed by atoms with Crippen LogP contribution in [-0.2, 0) is 4.79 Å². The third-order valence-corrected chi connectivity index (χ3v) is 2.18. The number of hydrogen-bond acceptors (Lipinski definition) is 4. The second-order valence-corrected chi connectivity index (χ2v) is 3.63. The fraction of sp³-hybridized carbons (Fsp3) is 0.273. The van der Waals surface area contributed by atoms with E-state index < -0.39 is 11.8 Å². The molecule has 0 bridgehead atoms. The smallest absolute Gasteiger partial charge is 0.337 e. The molecular weight excluding hydrogens is 241 g/mol. The van der Waals surface area contributed by atoms with Crippen LogP contribution in [0.5, 0.6) is 0 Å². The first kappa shape index (κ1) is 13.8. The van der Waals surface area contributed by atoms with Crippen LogP contribution in [-0.4, -0.2) is 30.1 Å². The molecule has 0 aliphatic carbocycles. The molecule has 0 spiro atoms. The topological polar surface area (TPSA) is 104 Å². The molecule has 0 aliphatic rings. The zero-order valence-corrected chi connectivity index (χ0v) is 9.79. The second-order valence-electron chi connectivity index (χ2n) is 3.63. The number of halogens is 1. The lowest BCUT2D eigenvalue weighted by Gasteiger charge is -2.10. The Morgan fingerprint density at radius 3 is 2.61 bits per heavy atom. The highest BCUT2D eigenvalue weighted by atomic mass is 19.1. The van der Waals surface area contributed by atoms with E-state index in [1.165, 1.54) is 6.92 Å². The molecule has 18 heavy (non-hydrogen) atoms. The summed E-state index contributed by atoms with van der Waals surface area (Å²) in [5, 5.41) is 14.0. The molecule has 0 aromatic heterocycles. The summed E-state index contributed by atoms with van der Waals surface area (Å²) < 4.78 is 13.5. The molecule has 98 valence electrons. The largest absolute Gasteiger partial charge is 0.478 e. The Kier molecular flexibility index (Phi) is 4.47. The quantitative estimate of drug-likeness (QED) is 0.457. The van der Waals surface area contributed by atoms with Gasteiger partial charge in [0.25, 0.3) is 0 Å². The fourth-order valence-electron chi connectivity index (χ4n) is 1.35. The van der Waals surface area contributed by atoms with E-state index >= 15 is 0 Å². The van der Waals surface area contributed by atoms with Crippen molar-refractivity contribution in [2.75, 3.05) is 24.1 Å². The Hall–Kier alpha value is -2.31. The van der Waals surface area contributed by atoms with Gasteiger partial charge in [0.15, 0.2) is 0 Å².